The van der Waals surface area contributed by atoms with Gasteiger partial charge in [-0.15, -0.1) is 0 Å². The molecular formula is C25H19F3N4O3S. The Morgan fingerprint density at radius 1 is 0.972 bits per heavy atom. The van der Waals surface area contributed by atoms with Gasteiger partial charge in [-0.05, 0) is 55.0 Å². The van der Waals surface area contributed by atoms with Crippen LogP contribution in [0.4, 0.5) is 18.9 Å². The van der Waals surface area contributed by atoms with Gasteiger partial charge in [-0.2, -0.15) is 18.2 Å². The minimum absolute atomic E-state index is 0.00942. The van der Waals surface area contributed by atoms with Gasteiger partial charge in [-0.25, -0.2) is 8.42 Å². The van der Waals surface area contributed by atoms with Crippen molar-refractivity contribution in [2.75, 3.05) is 4.72 Å². The molecule has 184 valence electrons. The number of para-hydroxylation sites is 1. The third-order valence-corrected chi connectivity index (χ3v) is 7.00. The fourth-order valence-corrected chi connectivity index (χ4v) is 5.15. The van der Waals surface area contributed by atoms with Gasteiger partial charge < -0.3 is 9.09 Å². The summed E-state index contributed by atoms with van der Waals surface area (Å²) < 4.78 is 73.0. The molecule has 0 bridgehead atoms. The molecule has 0 spiro atoms. The smallest absolute Gasteiger partial charge is 0.341 e. The number of anilines is 1. The highest BCUT2D eigenvalue weighted by Gasteiger charge is 2.38. The van der Waals surface area contributed by atoms with Crippen LogP contribution in [0.15, 0.2) is 76.1 Å². The zero-order chi connectivity index (χ0) is 25.5. The van der Waals surface area contributed by atoms with Crippen molar-refractivity contribution in [3.05, 3.63) is 84.0 Å². The van der Waals surface area contributed by atoms with Crippen LogP contribution in [0.1, 0.15) is 24.2 Å². The molecule has 3 aromatic carbocycles. The van der Waals surface area contributed by atoms with E-state index >= 15 is 0 Å². The molecule has 0 amide bonds. The first kappa shape index (κ1) is 23.6. The highest BCUT2D eigenvalue weighted by atomic mass is 32.2. The quantitative estimate of drug-likeness (QED) is 0.293. The van der Waals surface area contributed by atoms with Gasteiger partial charge in [-0.1, -0.05) is 41.6 Å². The zero-order valence-electron chi connectivity index (χ0n) is 18.8. The predicted molar refractivity (Wildman–Crippen MR) is 131 cm³/mol. The van der Waals surface area contributed by atoms with Crippen LogP contribution in [0.2, 0.25) is 0 Å². The van der Waals surface area contributed by atoms with Crippen LogP contribution >= 0.6 is 0 Å². The maximum atomic E-state index is 13.1. The van der Waals surface area contributed by atoms with Gasteiger partial charge in [0, 0.05) is 34.0 Å². The Bertz CT molecular complexity index is 1720. The molecule has 2 aromatic heterocycles. The van der Waals surface area contributed by atoms with Crippen molar-refractivity contribution in [1.82, 2.24) is 14.7 Å². The number of sulfonamides is 1. The maximum absolute atomic E-state index is 13.1. The summed E-state index contributed by atoms with van der Waals surface area (Å²) >= 11 is 0. The number of nitrogens with zero attached hydrogens (tertiary/aromatic N) is 3. The fraction of sp³-hybridized carbons (Fsp3) is 0.120. The zero-order valence-corrected chi connectivity index (χ0v) is 19.6. The third-order valence-electron chi connectivity index (χ3n) is 5.62. The highest BCUT2D eigenvalue weighted by molar-refractivity contribution is 7.92. The van der Waals surface area contributed by atoms with E-state index in [9.17, 15) is 21.6 Å². The first-order chi connectivity index (χ1) is 17.2. The van der Waals surface area contributed by atoms with E-state index in [1.165, 1.54) is 30.4 Å². The molecule has 5 rings (SSSR count). The normalized spacial score (nSPS) is 12.7. The number of aromatic nitrogens is 3. The predicted octanol–water partition coefficient (Wildman–Crippen LogP) is 6.19. The van der Waals surface area contributed by atoms with Crippen LogP contribution < -0.4 is 4.72 Å². The number of alkyl halides is 3. The van der Waals surface area contributed by atoms with Crippen LogP contribution in [0, 0.1) is 0 Å². The molecule has 0 saturated carbocycles. The van der Waals surface area contributed by atoms with E-state index in [0.29, 0.717) is 11.3 Å². The van der Waals surface area contributed by atoms with Gasteiger partial charge in [0.05, 0.1) is 4.90 Å². The van der Waals surface area contributed by atoms with Gasteiger partial charge in [0.25, 0.3) is 10.0 Å². The minimum Gasteiger partial charge on any atom is -0.341 e. The summed E-state index contributed by atoms with van der Waals surface area (Å²) in [5.41, 5.74) is 2.91. The molecule has 7 nitrogen and oxygen atoms in total. The lowest BCUT2D eigenvalue weighted by Gasteiger charge is -2.09. The Morgan fingerprint density at radius 2 is 1.75 bits per heavy atom. The van der Waals surface area contributed by atoms with E-state index in [0.717, 1.165) is 28.4 Å². The maximum Gasteiger partial charge on any atom is 0.471 e. The highest BCUT2D eigenvalue weighted by Crippen LogP contribution is 2.32. The number of aryl methyl sites for hydroxylation is 1. The van der Waals surface area contributed by atoms with E-state index in [2.05, 4.69) is 30.9 Å². The first-order valence-electron chi connectivity index (χ1n) is 10.9. The number of hydrogen-bond acceptors (Lipinski definition) is 5. The van der Waals surface area contributed by atoms with Gasteiger partial charge >= 0.3 is 12.1 Å². The summed E-state index contributed by atoms with van der Waals surface area (Å²) in [6.07, 6.45) is -2.14. The number of halogens is 3. The molecule has 0 radical (unpaired) electrons. The molecule has 0 aliphatic heterocycles. The molecule has 11 heteroatoms. The van der Waals surface area contributed by atoms with Gasteiger partial charge in [0.15, 0.2) is 5.82 Å². The second-order valence-electron chi connectivity index (χ2n) is 7.96. The molecule has 0 fully saturated rings. The number of fused-ring (bicyclic) bond motifs is 3. The molecule has 5 aromatic rings. The standard InChI is InChI=1S/C25H19F3N4O3S/c1-2-32-21-9-4-3-8-19(21)20-15-17(11-12-22(20)32)31-36(33,34)18-7-5-6-16(14-18)10-13-23-29-24(35-30-23)25(26,27)28/h3-15,31H,2H2,1H3/b13-10+. The Kier molecular flexibility index (Phi) is 5.79. The Morgan fingerprint density at radius 3 is 2.50 bits per heavy atom. The molecule has 2 heterocycles. The van der Waals surface area contributed by atoms with Crippen LogP contribution in [-0.4, -0.2) is 23.1 Å². The van der Waals surface area contributed by atoms with E-state index in [-0.39, 0.29) is 10.7 Å². The second-order valence-corrected chi connectivity index (χ2v) is 9.64. The van der Waals surface area contributed by atoms with E-state index in [1.807, 2.05) is 30.3 Å². The average Bonchev–Trinajstić information content (AvgIpc) is 3.45. The van der Waals surface area contributed by atoms with Crippen LogP contribution in [-0.2, 0) is 22.7 Å². The summed E-state index contributed by atoms with van der Waals surface area (Å²) in [5, 5.41) is 5.21. The molecule has 1 N–H and O–H groups in total. The number of rotatable bonds is 6. The molecular weight excluding hydrogens is 493 g/mol. The van der Waals surface area contributed by atoms with E-state index < -0.39 is 22.1 Å². The van der Waals surface area contributed by atoms with E-state index in [4.69, 9.17) is 0 Å². The summed E-state index contributed by atoms with van der Waals surface area (Å²) in [6, 6.07) is 19.3. The summed E-state index contributed by atoms with van der Waals surface area (Å²) in [6.45, 7) is 2.83. The third kappa shape index (κ3) is 4.44. The SMILES string of the molecule is CCn1c2ccccc2c2cc(NS(=O)(=O)c3cccc(/C=C/c4noc(C(F)(F)F)n4)c3)ccc21. The average molecular weight is 513 g/mol. The lowest BCUT2D eigenvalue weighted by Crippen LogP contribution is -2.13. The summed E-state index contributed by atoms with van der Waals surface area (Å²) in [5.74, 6) is -1.74. The van der Waals surface area contributed by atoms with Crippen LogP contribution in [0.5, 0.6) is 0 Å². The van der Waals surface area contributed by atoms with Crippen molar-refractivity contribution in [2.24, 2.45) is 0 Å². The van der Waals surface area contributed by atoms with Gasteiger partial charge in [0.2, 0.25) is 0 Å². The van der Waals surface area contributed by atoms with Crippen molar-refractivity contribution in [3.63, 3.8) is 0 Å². The Balaban J connectivity index is 1.42. The topological polar surface area (TPSA) is 90.0 Å². The van der Waals surface area contributed by atoms with Gasteiger partial charge in [-0.3, -0.25) is 4.72 Å². The monoisotopic (exact) mass is 512 g/mol. The second kappa shape index (κ2) is 8.83. The van der Waals surface area contributed by atoms with Crippen LogP contribution in [0.3, 0.4) is 0 Å². The molecule has 36 heavy (non-hydrogen) atoms. The number of benzene rings is 3. The largest absolute Gasteiger partial charge is 0.471 e. The van der Waals surface area contributed by atoms with Crippen molar-refractivity contribution in [3.8, 4) is 0 Å². The summed E-state index contributed by atoms with van der Waals surface area (Å²) in [4.78, 5) is 3.25. The molecule has 0 unspecified atom stereocenters. The van der Waals surface area contributed by atoms with Gasteiger partial charge in [0.1, 0.15) is 0 Å². The first-order valence-corrected chi connectivity index (χ1v) is 12.4. The molecule has 0 aliphatic carbocycles. The Labute approximate surface area is 203 Å². The minimum atomic E-state index is -4.74. The lowest BCUT2D eigenvalue weighted by molar-refractivity contribution is -0.159. The lowest BCUT2D eigenvalue weighted by atomic mass is 10.1. The molecule has 0 aliphatic rings. The van der Waals surface area contributed by atoms with Crippen molar-refractivity contribution in [2.45, 2.75) is 24.5 Å². The Hall–Kier alpha value is -4.12. The summed E-state index contributed by atoms with van der Waals surface area (Å²) in [7, 11) is -3.94. The van der Waals surface area contributed by atoms with E-state index in [1.54, 1.807) is 18.2 Å². The number of nitrogens with one attached hydrogen (secondary N) is 1. The van der Waals surface area contributed by atoms with Crippen LogP contribution in [0.25, 0.3) is 34.0 Å². The molecule has 0 atom stereocenters. The molecule has 0 saturated heterocycles. The van der Waals surface area contributed by atoms with Crippen molar-refractivity contribution in [1.29, 1.82) is 0 Å². The van der Waals surface area contributed by atoms with Crippen molar-refractivity contribution >= 4 is 49.7 Å². The number of hydrogen-bond donors (Lipinski definition) is 1. The van der Waals surface area contributed by atoms with Crippen molar-refractivity contribution < 1.29 is 26.1 Å². The fourth-order valence-electron chi connectivity index (χ4n) is 4.05.